The SMILES string of the molecule is COc1cc2c(cc1OCCOS(C)(=O)=O)N(C(=O)C=Cc1ccccc1OC(F)(F)F)CC2. The molecule has 0 aromatic heterocycles. The number of para-hydroxylation sites is 1. The summed E-state index contributed by atoms with van der Waals surface area (Å²) in [5.74, 6) is -0.179. The first-order valence-corrected chi connectivity index (χ1v) is 11.8. The summed E-state index contributed by atoms with van der Waals surface area (Å²) in [5.41, 5.74) is 1.46. The van der Waals surface area contributed by atoms with Gasteiger partial charge in [0.1, 0.15) is 19.0 Å². The number of anilines is 1. The number of hydrogen-bond donors (Lipinski definition) is 0. The molecule has 3 rings (SSSR count). The van der Waals surface area contributed by atoms with Crippen molar-refractivity contribution in [3.63, 3.8) is 0 Å². The first kappa shape index (κ1) is 25.4. The Labute approximate surface area is 194 Å². The maximum absolute atomic E-state index is 12.8. The second-order valence-electron chi connectivity index (χ2n) is 7.17. The van der Waals surface area contributed by atoms with Crippen LogP contribution in [0.2, 0.25) is 0 Å². The van der Waals surface area contributed by atoms with Crippen LogP contribution in [0.1, 0.15) is 11.1 Å². The van der Waals surface area contributed by atoms with Crippen molar-refractivity contribution >= 4 is 27.8 Å². The van der Waals surface area contributed by atoms with E-state index in [-0.39, 0.29) is 24.5 Å². The predicted octanol–water partition coefficient (Wildman–Crippen LogP) is 3.55. The van der Waals surface area contributed by atoms with Crippen molar-refractivity contribution < 1.29 is 44.8 Å². The molecule has 8 nitrogen and oxygen atoms in total. The molecule has 1 heterocycles. The zero-order valence-corrected chi connectivity index (χ0v) is 19.1. The minimum atomic E-state index is -4.86. The number of ether oxygens (including phenoxy) is 3. The Morgan fingerprint density at radius 1 is 1.12 bits per heavy atom. The topological polar surface area (TPSA) is 91.4 Å². The van der Waals surface area contributed by atoms with Crippen molar-refractivity contribution in [1.29, 1.82) is 0 Å². The molecular formula is C22H22F3NO7S. The van der Waals surface area contributed by atoms with Gasteiger partial charge >= 0.3 is 6.36 Å². The number of hydrogen-bond acceptors (Lipinski definition) is 7. The number of amides is 1. The Balaban J connectivity index is 1.76. The van der Waals surface area contributed by atoms with Crippen LogP contribution in [-0.4, -0.2) is 53.8 Å². The van der Waals surface area contributed by atoms with Gasteiger partial charge < -0.3 is 19.1 Å². The van der Waals surface area contributed by atoms with Crippen molar-refractivity contribution in [2.45, 2.75) is 12.8 Å². The molecule has 1 amide bonds. The lowest BCUT2D eigenvalue weighted by atomic mass is 10.1. The van der Waals surface area contributed by atoms with Crippen LogP contribution in [0.3, 0.4) is 0 Å². The average Bonchev–Trinajstić information content (AvgIpc) is 3.16. The smallest absolute Gasteiger partial charge is 0.493 e. The number of halogens is 3. The van der Waals surface area contributed by atoms with Gasteiger partial charge in [-0.05, 0) is 30.2 Å². The van der Waals surface area contributed by atoms with Crippen LogP contribution in [0.25, 0.3) is 6.08 Å². The van der Waals surface area contributed by atoms with E-state index >= 15 is 0 Å². The third-order valence-electron chi connectivity index (χ3n) is 4.71. The first-order valence-electron chi connectivity index (χ1n) is 9.99. The molecule has 2 aromatic rings. The van der Waals surface area contributed by atoms with E-state index in [9.17, 15) is 26.4 Å². The molecular weight excluding hydrogens is 479 g/mol. The minimum Gasteiger partial charge on any atom is -0.493 e. The number of fused-ring (bicyclic) bond motifs is 1. The average molecular weight is 501 g/mol. The highest BCUT2D eigenvalue weighted by molar-refractivity contribution is 7.85. The fraction of sp³-hybridized carbons (Fsp3) is 0.318. The van der Waals surface area contributed by atoms with E-state index in [1.54, 1.807) is 12.1 Å². The zero-order valence-electron chi connectivity index (χ0n) is 18.3. The number of nitrogens with zero attached hydrogens (tertiary/aromatic N) is 1. The van der Waals surface area contributed by atoms with Gasteiger partial charge in [-0.15, -0.1) is 13.2 Å². The molecule has 0 N–H and O–H groups in total. The molecule has 1 aliphatic rings. The molecule has 184 valence electrons. The highest BCUT2D eigenvalue weighted by Crippen LogP contribution is 2.39. The van der Waals surface area contributed by atoms with Crippen LogP contribution in [0, 0.1) is 0 Å². The molecule has 0 unspecified atom stereocenters. The molecule has 0 fully saturated rings. The summed E-state index contributed by atoms with van der Waals surface area (Å²) >= 11 is 0. The molecule has 34 heavy (non-hydrogen) atoms. The van der Waals surface area contributed by atoms with Gasteiger partial charge in [-0.2, -0.15) is 8.42 Å². The lowest BCUT2D eigenvalue weighted by Gasteiger charge is -2.18. The second-order valence-corrected chi connectivity index (χ2v) is 8.81. The minimum absolute atomic E-state index is 0.0773. The number of methoxy groups -OCH3 is 1. The van der Waals surface area contributed by atoms with Crippen molar-refractivity contribution in [2.24, 2.45) is 0 Å². The summed E-state index contributed by atoms with van der Waals surface area (Å²) in [7, 11) is -2.16. The monoisotopic (exact) mass is 501 g/mol. The van der Waals surface area contributed by atoms with Gasteiger partial charge in [-0.25, -0.2) is 0 Å². The standard InChI is InChI=1S/C22H22F3NO7S/c1-30-19-13-16-9-10-26(17(16)14-20(19)31-11-12-32-34(2,28)29)21(27)8-7-15-5-3-4-6-18(15)33-22(23,24)25/h3-8,13-14H,9-12H2,1-2H3. The fourth-order valence-corrected chi connectivity index (χ4v) is 3.69. The lowest BCUT2D eigenvalue weighted by molar-refractivity contribution is -0.274. The van der Waals surface area contributed by atoms with Crippen LogP contribution in [0.15, 0.2) is 42.5 Å². The maximum atomic E-state index is 12.8. The molecule has 0 aliphatic carbocycles. The summed E-state index contributed by atoms with van der Waals surface area (Å²) in [5, 5.41) is 0. The van der Waals surface area contributed by atoms with Crippen molar-refractivity contribution in [3.05, 3.63) is 53.6 Å². The van der Waals surface area contributed by atoms with E-state index in [1.807, 2.05) is 0 Å². The van der Waals surface area contributed by atoms with E-state index in [2.05, 4.69) is 8.92 Å². The van der Waals surface area contributed by atoms with E-state index in [4.69, 9.17) is 9.47 Å². The van der Waals surface area contributed by atoms with E-state index < -0.39 is 28.1 Å². The number of carbonyl (C=O) groups is 1. The van der Waals surface area contributed by atoms with Gasteiger partial charge in [0.25, 0.3) is 16.0 Å². The number of rotatable bonds is 9. The van der Waals surface area contributed by atoms with Gasteiger partial charge in [0, 0.05) is 24.3 Å². The third-order valence-corrected chi connectivity index (χ3v) is 5.31. The van der Waals surface area contributed by atoms with Crippen LogP contribution in [0.4, 0.5) is 18.9 Å². The van der Waals surface area contributed by atoms with Crippen LogP contribution < -0.4 is 19.1 Å². The molecule has 12 heteroatoms. The second kappa shape index (κ2) is 10.3. The van der Waals surface area contributed by atoms with E-state index in [1.165, 1.54) is 42.4 Å². The highest BCUT2D eigenvalue weighted by Gasteiger charge is 2.32. The number of alkyl halides is 3. The summed E-state index contributed by atoms with van der Waals surface area (Å²) in [4.78, 5) is 14.3. The lowest BCUT2D eigenvalue weighted by Crippen LogP contribution is -2.26. The van der Waals surface area contributed by atoms with Gasteiger partial charge in [0.15, 0.2) is 11.5 Å². The Kier molecular flexibility index (Phi) is 7.72. The summed E-state index contributed by atoms with van der Waals surface area (Å²) in [6.07, 6.45) is -0.975. The van der Waals surface area contributed by atoms with Gasteiger partial charge in [-0.3, -0.25) is 8.98 Å². The van der Waals surface area contributed by atoms with Crippen LogP contribution in [-0.2, 0) is 25.5 Å². The van der Waals surface area contributed by atoms with Crippen molar-refractivity contribution in [3.8, 4) is 17.2 Å². The maximum Gasteiger partial charge on any atom is 0.573 e. The molecule has 0 spiro atoms. The summed E-state index contributed by atoms with van der Waals surface area (Å²) < 4.78 is 79.5. The Morgan fingerprint density at radius 2 is 1.85 bits per heavy atom. The van der Waals surface area contributed by atoms with Gasteiger partial charge in [-0.1, -0.05) is 18.2 Å². The summed E-state index contributed by atoms with van der Waals surface area (Å²) in [6, 6.07) is 8.79. The predicted molar refractivity (Wildman–Crippen MR) is 118 cm³/mol. The number of benzene rings is 2. The van der Waals surface area contributed by atoms with Crippen LogP contribution in [0.5, 0.6) is 17.2 Å². The highest BCUT2D eigenvalue weighted by atomic mass is 32.2. The Hall–Kier alpha value is -3.25. The van der Waals surface area contributed by atoms with Gasteiger partial charge in [0.05, 0.1) is 19.1 Å². The molecule has 0 bridgehead atoms. The molecule has 0 saturated heterocycles. The Bertz CT molecular complexity index is 1180. The molecule has 0 saturated carbocycles. The van der Waals surface area contributed by atoms with Crippen molar-refractivity contribution in [2.75, 3.05) is 38.0 Å². The normalized spacial score (nSPS) is 13.7. The molecule has 0 radical (unpaired) electrons. The third kappa shape index (κ3) is 6.87. The molecule has 0 atom stereocenters. The van der Waals surface area contributed by atoms with E-state index in [0.29, 0.717) is 24.4 Å². The Morgan fingerprint density at radius 3 is 2.53 bits per heavy atom. The molecule has 2 aromatic carbocycles. The fourth-order valence-electron chi connectivity index (χ4n) is 3.32. The largest absolute Gasteiger partial charge is 0.573 e. The number of carbonyl (C=O) groups excluding carboxylic acids is 1. The van der Waals surface area contributed by atoms with Gasteiger partial charge in [0.2, 0.25) is 0 Å². The first-order chi connectivity index (χ1) is 16.0. The molecule has 1 aliphatic heterocycles. The summed E-state index contributed by atoms with van der Waals surface area (Å²) in [6.45, 7) is 0.0684. The van der Waals surface area contributed by atoms with Crippen LogP contribution >= 0.6 is 0 Å². The quantitative estimate of drug-likeness (QED) is 0.295. The van der Waals surface area contributed by atoms with E-state index in [0.717, 1.165) is 17.9 Å². The van der Waals surface area contributed by atoms with Crippen molar-refractivity contribution in [1.82, 2.24) is 0 Å². The zero-order chi connectivity index (χ0) is 24.9.